The van der Waals surface area contributed by atoms with Gasteiger partial charge in [0, 0.05) is 13.1 Å². The molecule has 1 aliphatic heterocycles. The summed E-state index contributed by atoms with van der Waals surface area (Å²) in [6.45, 7) is 3.09. The van der Waals surface area contributed by atoms with E-state index in [2.05, 4.69) is 4.90 Å². The first kappa shape index (κ1) is 15.2. The molecule has 0 bridgehead atoms. The summed E-state index contributed by atoms with van der Waals surface area (Å²) in [5, 5.41) is 0. The third-order valence-electron chi connectivity index (χ3n) is 4.44. The van der Waals surface area contributed by atoms with Crippen LogP contribution in [0.1, 0.15) is 24.0 Å². The van der Waals surface area contributed by atoms with Crippen molar-refractivity contribution in [3.63, 3.8) is 0 Å². The van der Waals surface area contributed by atoms with Gasteiger partial charge in [-0.25, -0.2) is 8.78 Å². The van der Waals surface area contributed by atoms with Crippen molar-refractivity contribution in [1.29, 1.82) is 0 Å². The summed E-state index contributed by atoms with van der Waals surface area (Å²) >= 11 is 0. The third kappa shape index (κ3) is 4.14. The minimum absolute atomic E-state index is 0.171. The molecule has 3 heteroatoms. The van der Waals surface area contributed by atoms with Crippen LogP contribution in [0.25, 0.3) is 0 Å². The normalized spacial score (nSPS) is 18.7. The summed E-state index contributed by atoms with van der Waals surface area (Å²) in [5.74, 6) is 0.350. The molecule has 22 heavy (non-hydrogen) atoms. The zero-order valence-electron chi connectivity index (χ0n) is 12.6. The highest BCUT2D eigenvalue weighted by Gasteiger charge is 2.22. The highest BCUT2D eigenvalue weighted by atomic mass is 19.1. The number of likely N-dealkylation sites (tertiary alicyclic amines) is 1. The number of hydrogen-bond donors (Lipinski definition) is 0. The number of benzene rings is 2. The first-order valence-corrected chi connectivity index (χ1v) is 7.90. The zero-order chi connectivity index (χ0) is 15.4. The molecule has 1 aliphatic rings. The number of halogens is 2. The topological polar surface area (TPSA) is 3.24 Å². The lowest BCUT2D eigenvalue weighted by molar-refractivity contribution is 0.313. The minimum atomic E-state index is -0.178. The number of hydrogen-bond acceptors (Lipinski definition) is 1. The van der Waals surface area contributed by atoms with Crippen molar-refractivity contribution in [1.82, 2.24) is 4.90 Å². The van der Waals surface area contributed by atoms with Gasteiger partial charge >= 0.3 is 0 Å². The molecule has 3 rings (SSSR count). The van der Waals surface area contributed by atoms with Gasteiger partial charge in [-0.1, -0.05) is 24.3 Å². The fourth-order valence-corrected chi connectivity index (χ4v) is 3.16. The Balaban J connectivity index is 1.45. The predicted octanol–water partition coefficient (Wildman–Crippen LogP) is 4.42. The lowest BCUT2D eigenvalue weighted by Crippen LogP contribution is -2.20. The molecule has 0 saturated carbocycles. The van der Waals surface area contributed by atoms with Gasteiger partial charge in [-0.05, 0) is 67.1 Å². The molecule has 2 aromatic carbocycles. The van der Waals surface area contributed by atoms with Crippen molar-refractivity contribution in [3.8, 4) is 0 Å². The molecule has 1 unspecified atom stereocenters. The maximum Gasteiger partial charge on any atom is 0.123 e. The van der Waals surface area contributed by atoms with E-state index in [1.165, 1.54) is 41.8 Å². The Kier molecular flexibility index (Phi) is 4.84. The second-order valence-electron chi connectivity index (χ2n) is 6.18. The fourth-order valence-electron chi connectivity index (χ4n) is 3.16. The monoisotopic (exact) mass is 301 g/mol. The summed E-state index contributed by atoms with van der Waals surface area (Å²) in [7, 11) is 0. The van der Waals surface area contributed by atoms with E-state index in [1.54, 1.807) is 0 Å². The van der Waals surface area contributed by atoms with Gasteiger partial charge in [0.05, 0.1) is 0 Å². The SMILES string of the molecule is Fc1ccc(CCC2CCN(Cc3ccc(F)cc3)C2)cc1. The maximum absolute atomic E-state index is 12.9. The summed E-state index contributed by atoms with van der Waals surface area (Å²) in [6.07, 6.45) is 3.36. The second-order valence-corrected chi connectivity index (χ2v) is 6.18. The van der Waals surface area contributed by atoms with E-state index in [-0.39, 0.29) is 11.6 Å². The van der Waals surface area contributed by atoms with Crippen LogP contribution in [-0.2, 0) is 13.0 Å². The van der Waals surface area contributed by atoms with Crippen molar-refractivity contribution < 1.29 is 8.78 Å². The lowest BCUT2D eigenvalue weighted by Gasteiger charge is -2.16. The largest absolute Gasteiger partial charge is 0.299 e. The third-order valence-corrected chi connectivity index (χ3v) is 4.44. The standard InChI is InChI=1S/C19H21F2N/c20-18-7-3-15(4-8-18)1-2-17-11-12-22(14-17)13-16-5-9-19(21)10-6-16/h3-10,17H,1-2,11-14H2. The van der Waals surface area contributed by atoms with Crippen LogP contribution in [0.2, 0.25) is 0 Å². The minimum Gasteiger partial charge on any atom is -0.299 e. The predicted molar refractivity (Wildman–Crippen MR) is 84.5 cm³/mol. The number of rotatable bonds is 5. The Hall–Kier alpha value is -1.74. The second kappa shape index (κ2) is 7.01. The van der Waals surface area contributed by atoms with E-state index < -0.39 is 0 Å². The van der Waals surface area contributed by atoms with E-state index in [9.17, 15) is 8.78 Å². The van der Waals surface area contributed by atoms with Crippen LogP contribution >= 0.6 is 0 Å². The zero-order valence-corrected chi connectivity index (χ0v) is 12.6. The van der Waals surface area contributed by atoms with Gasteiger partial charge in [-0.3, -0.25) is 4.90 Å². The van der Waals surface area contributed by atoms with Gasteiger partial charge in [0.1, 0.15) is 11.6 Å². The number of aryl methyl sites for hydroxylation is 1. The van der Waals surface area contributed by atoms with Crippen LogP contribution in [0.4, 0.5) is 8.78 Å². The Morgan fingerprint density at radius 3 is 2.09 bits per heavy atom. The van der Waals surface area contributed by atoms with Crippen LogP contribution in [0.15, 0.2) is 48.5 Å². The molecule has 1 nitrogen and oxygen atoms in total. The van der Waals surface area contributed by atoms with E-state index in [0.29, 0.717) is 5.92 Å². The molecular formula is C19H21F2N. The van der Waals surface area contributed by atoms with Crippen molar-refractivity contribution in [2.45, 2.75) is 25.8 Å². The van der Waals surface area contributed by atoms with Gasteiger partial charge in [0.2, 0.25) is 0 Å². The molecule has 0 amide bonds. The molecule has 1 heterocycles. The molecule has 1 atom stereocenters. The molecular weight excluding hydrogens is 280 g/mol. The highest BCUT2D eigenvalue weighted by molar-refractivity contribution is 5.17. The first-order valence-electron chi connectivity index (χ1n) is 7.90. The molecule has 0 N–H and O–H groups in total. The smallest absolute Gasteiger partial charge is 0.123 e. The summed E-state index contributed by atoms with van der Waals surface area (Å²) in [5.41, 5.74) is 2.37. The van der Waals surface area contributed by atoms with Gasteiger partial charge in [-0.2, -0.15) is 0 Å². The summed E-state index contributed by atoms with van der Waals surface area (Å²) in [6, 6.07) is 13.6. The van der Waals surface area contributed by atoms with E-state index >= 15 is 0 Å². The Bertz CT molecular complexity index is 592. The first-order chi connectivity index (χ1) is 10.7. The van der Waals surface area contributed by atoms with Crippen molar-refractivity contribution in [3.05, 3.63) is 71.3 Å². The van der Waals surface area contributed by atoms with Gasteiger partial charge in [0.15, 0.2) is 0 Å². The lowest BCUT2D eigenvalue weighted by atomic mass is 9.99. The average Bonchev–Trinajstić information content (AvgIpc) is 2.97. The molecule has 0 spiro atoms. The Labute approximate surface area is 130 Å². The average molecular weight is 301 g/mol. The quantitative estimate of drug-likeness (QED) is 0.790. The molecule has 1 fully saturated rings. The van der Waals surface area contributed by atoms with E-state index in [4.69, 9.17) is 0 Å². The number of nitrogens with zero attached hydrogens (tertiary/aromatic N) is 1. The maximum atomic E-state index is 12.9. The van der Waals surface area contributed by atoms with E-state index in [1.807, 2.05) is 24.3 Å². The van der Waals surface area contributed by atoms with Crippen LogP contribution in [0.3, 0.4) is 0 Å². The van der Waals surface area contributed by atoms with Crippen LogP contribution < -0.4 is 0 Å². The van der Waals surface area contributed by atoms with Crippen molar-refractivity contribution in [2.75, 3.05) is 13.1 Å². The van der Waals surface area contributed by atoms with Crippen molar-refractivity contribution in [2.24, 2.45) is 5.92 Å². The van der Waals surface area contributed by atoms with Gasteiger partial charge in [-0.15, -0.1) is 0 Å². The van der Waals surface area contributed by atoms with Crippen LogP contribution in [0.5, 0.6) is 0 Å². The van der Waals surface area contributed by atoms with Crippen molar-refractivity contribution >= 4 is 0 Å². The Morgan fingerprint density at radius 2 is 1.45 bits per heavy atom. The molecule has 1 saturated heterocycles. The van der Waals surface area contributed by atoms with E-state index in [0.717, 1.165) is 32.5 Å². The molecule has 0 radical (unpaired) electrons. The molecule has 0 aromatic heterocycles. The van der Waals surface area contributed by atoms with Crippen LogP contribution in [-0.4, -0.2) is 18.0 Å². The highest BCUT2D eigenvalue weighted by Crippen LogP contribution is 2.23. The fraction of sp³-hybridized carbons (Fsp3) is 0.368. The molecule has 0 aliphatic carbocycles. The molecule has 2 aromatic rings. The summed E-state index contributed by atoms with van der Waals surface area (Å²) < 4.78 is 25.8. The van der Waals surface area contributed by atoms with Crippen LogP contribution in [0, 0.1) is 17.6 Å². The van der Waals surface area contributed by atoms with Gasteiger partial charge in [0.25, 0.3) is 0 Å². The van der Waals surface area contributed by atoms with Gasteiger partial charge < -0.3 is 0 Å². The Morgan fingerprint density at radius 1 is 0.864 bits per heavy atom. The summed E-state index contributed by atoms with van der Waals surface area (Å²) in [4.78, 5) is 2.43. The molecule has 116 valence electrons.